The van der Waals surface area contributed by atoms with Crippen LogP contribution in [0.5, 0.6) is 0 Å². The van der Waals surface area contributed by atoms with Crippen LogP contribution in [0.2, 0.25) is 0 Å². The standard InChI is InChI=1S/C31H35BrFN5O4S/c1-31(2,3)42-30(40)37-16-18-14-22(37)27(18)38-19(8-9-23(39)36-11-6-12-36)15-21-28(38)20-13-17(7-5-10-34)24(32)25(33)26(20)35-29(21)43(4)41/h13,15,18,22,27H,5-9,11-12,14,16H2,1-4H3/t18-,22-,27+,43?/m1/s1. The van der Waals surface area contributed by atoms with Crippen molar-refractivity contribution in [3.05, 3.63) is 33.7 Å². The Hall–Kier alpha value is -3.04. The number of nitriles is 1. The summed E-state index contributed by atoms with van der Waals surface area (Å²) in [6.07, 6.45) is 4.34. The number of halogens is 2. The van der Waals surface area contributed by atoms with Gasteiger partial charge in [0.25, 0.3) is 0 Å². The number of likely N-dealkylation sites (tertiary alicyclic amines) is 1. The zero-order valence-corrected chi connectivity index (χ0v) is 27.2. The Morgan fingerprint density at radius 2 is 1.98 bits per heavy atom. The number of carbonyl (C=O) groups excluding carboxylic acids is 2. The van der Waals surface area contributed by atoms with Crippen molar-refractivity contribution >= 4 is 60.5 Å². The summed E-state index contributed by atoms with van der Waals surface area (Å²) in [6.45, 7) is 7.62. The predicted molar refractivity (Wildman–Crippen MR) is 165 cm³/mol. The Kier molecular flexibility index (Phi) is 7.78. The molecule has 3 aromatic rings. The molecule has 0 spiro atoms. The van der Waals surface area contributed by atoms with Gasteiger partial charge in [0.05, 0.1) is 38.9 Å². The number of hydrogen-bond acceptors (Lipinski definition) is 6. The Morgan fingerprint density at radius 3 is 2.60 bits per heavy atom. The lowest BCUT2D eigenvalue weighted by atomic mass is 9.79. The molecule has 7 rings (SSSR count). The number of carbonyl (C=O) groups is 2. The van der Waals surface area contributed by atoms with Crippen molar-refractivity contribution in [3.63, 3.8) is 0 Å². The molecule has 1 aromatic carbocycles. The molecule has 0 radical (unpaired) electrons. The highest BCUT2D eigenvalue weighted by atomic mass is 79.9. The summed E-state index contributed by atoms with van der Waals surface area (Å²) in [5.41, 5.74) is 1.70. The normalized spacial score (nSPS) is 21.9. The highest BCUT2D eigenvalue weighted by Gasteiger charge is 2.56. The molecular formula is C31H35BrFN5O4S. The average Bonchev–Trinajstić information content (AvgIpc) is 3.59. The Labute approximate surface area is 260 Å². The molecule has 1 unspecified atom stereocenters. The van der Waals surface area contributed by atoms with Crippen LogP contribution < -0.4 is 0 Å². The Bertz CT molecular complexity index is 1720. The van der Waals surface area contributed by atoms with E-state index in [2.05, 4.69) is 31.6 Å². The maximum Gasteiger partial charge on any atom is 0.410 e. The fourth-order valence-corrected chi connectivity index (χ4v) is 7.91. The molecule has 228 valence electrons. The number of amides is 2. The van der Waals surface area contributed by atoms with E-state index >= 15 is 4.39 Å². The minimum absolute atomic E-state index is 0.0889. The minimum Gasteiger partial charge on any atom is -0.444 e. The van der Waals surface area contributed by atoms with E-state index in [1.165, 1.54) is 6.26 Å². The number of rotatable bonds is 7. The van der Waals surface area contributed by atoms with Crippen LogP contribution in [0.15, 0.2) is 21.6 Å². The summed E-state index contributed by atoms with van der Waals surface area (Å²) >= 11 is 3.37. The summed E-state index contributed by atoms with van der Waals surface area (Å²) in [7, 11) is -1.53. The highest BCUT2D eigenvalue weighted by molar-refractivity contribution is 9.10. The van der Waals surface area contributed by atoms with Crippen molar-refractivity contribution in [2.24, 2.45) is 5.92 Å². The van der Waals surface area contributed by atoms with Crippen molar-refractivity contribution in [2.45, 2.75) is 82.0 Å². The molecule has 43 heavy (non-hydrogen) atoms. The molecule has 1 aliphatic carbocycles. The Morgan fingerprint density at radius 1 is 1.23 bits per heavy atom. The largest absolute Gasteiger partial charge is 0.444 e. The first-order chi connectivity index (χ1) is 20.4. The molecule has 2 bridgehead atoms. The van der Waals surface area contributed by atoms with E-state index in [-0.39, 0.29) is 51.4 Å². The van der Waals surface area contributed by atoms with Crippen LogP contribution in [0.25, 0.3) is 21.8 Å². The van der Waals surface area contributed by atoms with Crippen LogP contribution in [0.3, 0.4) is 0 Å². The van der Waals surface area contributed by atoms with E-state index in [9.17, 15) is 19.1 Å². The molecule has 12 heteroatoms. The lowest BCUT2D eigenvalue weighted by Crippen LogP contribution is -2.44. The molecule has 9 nitrogen and oxygen atoms in total. The average molecular weight is 673 g/mol. The molecule has 2 amide bonds. The summed E-state index contributed by atoms with van der Waals surface area (Å²) in [4.78, 5) is 34.3. The fraction of sp³-hybridized carbons (Fsp3) is 0.548. The van der Waals surface area contributed by atoms with Crippen molar-refractivity contribution < 1.29 is 22.9 Å². The number of aryl methyl sites for hydroxylation is 2. The zero-order chi connectivity index (χ0) is 30.8. The first-order valence-corrected chi connectivity index (χ1v) is 17.1. The predicted octanol–water partition coefficient (Wildman–Crippen LogP) is 5.63. The first kappa shape index (κ1) is 30.0. The van der Waals surface area contributed by atoms with Crippen LogP contribution in [-0.2, 0) is 33.2 Å². The third-order valence-corrected chi connectivity index (χ3v) is 10.5. The van der Waals surface area contributed by atoms with Gasteiger partial charge in [-0.25, -0.2) is 14.2 Å². The van der Waals surface area contributed by atoms with Gasteiger partial charge in [-0.2, -0.15) is 5.26 Å². The van der Waals surface area contributed by atoms with Gasteiger partial charge in [-0.15, -0.1) is 0 Å². The van der Waals surface area contributed by atoms with Crippen molar-refractivity contribution in [2.75, 3.05) is 25.9 Å². The van der Waals surface area contributed by atoms with Gasteiger partial charge in [0.2, 0.25) is 5.91 Å². The lowest BCUT2D eigenvalue weighted by molar-refractivity contribution is -0.134. The molecule has 4 atom stereocenters. The highest BCUT2D eigenvalue weighted by Crippen LogP contribution is 2.52. The second-order valence-corrected chi connectivity index (χ2v) is 14.9. The monoisotopic (exact) mass is 671 g/mol. The van der Waals surface area contributed by atoms with E-state index in [1.54, 1.807) is 4.90 Å². The SMILES string of the molecule is CS(=O)c1nc2c(F)c(Br)c(CCC#N)cc2c2c1cc(CCC(=O)N1CCC1)n2[C@H]1[C@@H]2C[C@H]1N(C(=O)OC(C)(C)C)C2. The van der Waals surface area contributed by atoms with E-state index in [0.29, 0.717) is 47.7 Å². The minimum atomic E-state index is -1.53. The second-order valence-electron chi connectivity index (χ2n) is 12.8. The maximum atomic E-state index is 16.0. The summed E-state index contributed by atoms with van der Waals surface area (Å²) in [6, 6.07) is 5.71. The van der Waals surface area contributed by atoms with Crippen molar-refractivity contribution in [3.8, 4) is 6.07 Å². The van der Waals surface area contributed by atoms with Crippen LogP contribution in [0.4, 0.5) is 9.18 Å². The third-order valence-electron chi connectivity index (χ3n) is 8.83. The third kappa shape index (κ3) is 5.22. The zero-order valence-electron chi connectivity index (χ0n) is 24.8. The molecular weight excluding hydrogens is 637 g/mol. The second kappa shape index (κ2) is 11.1. The fourth-order valence-electron chi connectivity index (χ4n) is 6.72. The molecule has 5 heterocycles. The van der Waals surface area contributed by atoms with E-state index in [1.807, 2.05) is 37.8 Å². The molecule has 4 aliphatic rings. The summed E-state index contributed by atoms with van der Waals surface area (Å²) < 4.78 is 37.1. The number of nitrogens with zero attached hydrogens (tertiary/aromatic N) is 5. The summed E-state index contributed by atoms with van der Waals surface area (Å²) in [5, 5.41) is 10.7. The van der Waals surface area contributed by atoms with Crippen LogP contribution in [0.1, 0.15) is 63.8 Å². The number of aromatic nitrogens is 2. The van der Waals surface area contributed by atoms with Crippen molar-refractivity contribution in [1.82, 2.24) is 19.4 Å². The number of fused-ring (bicyclic) bond motifs is 4. The van der Waals surface area contributed by atoms with Gasteiger partial charge in [-0.05, 0) is 80.1 Å². The number of hydrogen-bond donors (Lipinski definition) is 0. The quantitative estimate of drug-likeness (QED) is 0.322. The smallest absolute Gasteiger partial charge is 0.410 e. The molecule has 0 N–H and O–H groups in total. The van der Waals surface area contributed by atoms with Gasteiger partial charge in [0.1, 0.15) is 16.1 Å². The Balaban J connectivity index is 1.54. The molecule has 2 aromatic heterocycles. The van der Waals surface area contributed by atoms with Crippen LogP contribution >= 0.6 is 15.9 Å². The molecule has 4 fully saturated rings. The number of benzene rings is 1. The van der Waals surface area contributed by atoms with E-state index in [4.69, 9.17) is 4.74 Å². The number of ether oxygens (including phenoxy) is 1. The molecule has 3 aliphatic heterocycles. The van der Waals surface area contributed by atoms with Gasteiger partial charge in [0.15, 0.2) is 5.82 Å². The van der Waals surface area contributed by atoms with Crippen molar-refractivity contribution in [1.29, 1.82) is 5.26 Å². The number of pyridine rings is 1. The lowest BCUT2D eigenvalue weighted by Gasteiger charge is -2.39. The molecule has 1 saturated carbocycles. The van der Waals surface area contributed by atoms with Gasteiger partial charge >= 0.3 is 6.09 Å². The first-order valence-electron chi connectivity index (χ1n) is 14.7. The maximum absolute atomic E-state index is 16.0. The van der Waals surface area contributed by atoms with E-state index < -0.39 is 22.2 Å². The van der Waals surface area contributed by atoms with E-state index in [0.717, 1.165) is 31.6 Å². The van der Waals surface area contributed by atoms with Gasteiger partial charge in [-0.3, -0.25) is 9.00 Å². The van der Waals surface area contributed by atoms with Gasteiger partial charge in [-0.1, -0.05) is 0 Å². The summed E-state index contributed by atoms with van der Waals surface area (Å²) in [5.74, 6) is -0.325. The molecule has 3 saturated heterocycles. The van der Waals surface area contributed by atoms with Crippen LogP contribution in [-0.4, -0.2) is 73.1 Å². The van der Waals surface area contributed by atoms with Crippen LogP contribution in [0, 0.1) is 23.1 Å². The van der Waals surface area contributed by atoms with Gasteiger partial charge in [0, 0.05) is 61.1 Å². The van der Waals surface area contributed by atoms with Gasteiger partial charge < -0.3 is 19.1 Å². The topological polar surface area (TPSA) is 109 Å².